The normalized spacial score (nSPS) is 26.1. The molecule has 0 aliphatic carbocycles. The number of nitriles is 1. The first-order valence-electron chi connectivity index (χ1n) is 8.38. The molecule has 0 saturated carbocycles. The van der Waals surface area contributed by atoms with Gasteiger partial charge < -0.3 is 4.74 Å². The highest BCUT2D eigenvalue weighted by Crippen LogP contribution is 2.23. The summed E-state index contributed by atoms with van der Waals surface area (Å²) in [5.74, 6) is -0.308. The molecule has 0 unspecified atom stereocenters. The summed E-state index contributed by atoms with van der Waals surface area (Å²) in [4.78, 5) is 2.29. The molecule has 8 heteroatoms. The first-order valence-corrected chi connectivity index (χ1v) is 9.77. The van der Waals surface area contributed by atoms with Crippen LogP contribution in [0.1, 0.15) is 26.2 Å². The van der Waals surface area contributed by atoms with Crippen LogP contribution in [-0.4, -0.2) is 81.0 Å². The van der Waals surface area contributed by atoms with E-state index in [1.54, 1.807) is 18.3 Å². The predicted molar refractivity (Wildman–Crippen MR) is 87.9 cm³/mol. The Labute approximate surface area is 140 Å². The van der Waals surface area contributed by atoms with Gasteiger partial charge >= 0.3 is 0 Å². The van der Waals surface area contributed by atoms with Crippen molar-refractivity contribution in [2.24, 2.45) is 5.92 Å². The van der Waals surface area contributed by atoms with E-state index in [0.717, 1.165) is 52.1 Å². The molecular formula is C15H28N4O3S. The van der Waals surface area contributed by atoms with Crippen LogP contribution in [0.15, 0.2) is 0 Å². The van der Waals surface area contributed by atoms with Crippen LogP contribution in [0.5, 0.6) is 0 Å². The third-order valence-electron chi connectivity index (χ3n) is 4.59. The summed E-state index contributed by atoms with van der Waals surface area (Å²) < 4.78 is 34.1. The summed E-state index contributed by atoms with van der Waals surface area (Å²) in [6.45, 7) is 6.50. The van der Waals surface area contributed by atoms with E-state index in [9.17, 15) is 8.42 Å². The van der Waals surface area contributed by atoms with Gasteiger partial charge in [-0.15, -0.1) is 0 Å². The topological polar surface area (TPSA) is 76.9 Å². The number of morpholine rings is 1. The van der Waals surface area contributed by atoms with Gasteiger partial charge in [-0.25, -0.2) is 0 Å². The van der Waals surface area contributed by atoms with Crippen LogP contribution >= 0.6 is 0 Å². The Bertz CT molecular complexity index is 513. The molecule has 0 bridgehead atoms. The first-order chi connectivity index (χ1) is 10.9. The van der Waals surface area contributed by atoms with E-state index >= 15 is 0 Å². The van der Waals surface area contributed by atoms with Crippen molar-refractivity contribution in [1.29, 1.82) is 5.26 Å². The summed E-state index contributed by atoms with van der Waals surface area (Å²) in [5, 5.41) is 8.92. The Hall–Kier alpha value is -0.720. The lowest BCUT2D eigenvalue weighted by Crippen LogP contribution is -2.54. The Morgan fingerprint density at radius 2 is 2.00 bits per heavy atom. The Morgan fingerprint density at radius 1 is 1.30 bits per heavy atom. The predicted octanol–water partition coefficient (Wildman–Crippen LogP) is 0.509. The lowest BCUT2D eigenvalue weighted by atomic mass is 10.0. The average Bonchev–Trinajstić information content (AvgIpc) is 2.56. The number of piperidine rings is 1. The van der Waals surface area contributed by atoms with Gasteiger partial charge in [0.2, 0.25) is 0 Å². The summed E-state index contributed by atoms with van der Waals surface area (Å²) >= 11 is 0. The quantitative estimate of drug-likeness (QED) is 0.702. The molecule has 2 atom stereocenters. The maximum atomic E-state index is 12.9. The molecule has 2 aliphatic rings. The zero-order valence-electron chi connectivity index (χ0n) is 14.1. The van der Waals surface area contributed by atoms with E-state index in [2.05, 4.69) is 11.0 Å². The zero-order valence-corrected chi connectivity index (χ0v) is 15.0. The molecule has 0 aromatic carbocycles. The molecule has 7 nitrogen and oxygen atoms in total. The zero-order chi connectivity index (χ0) is 16.9. The van der Waals surface area contributed by atoms with Crippen LogP contribution in [0.25, 0.3) is 0 Å². The second-order valence-corrected chi connectivity index (χ2v) is 8.48. The summed E-state index contributed by atoms with van der Waals surface area (Å²) in [5.41, 5.74) is 0. The van der Waals surface area contributed by atoms with Crippen LogP contribution in [0.3, 0.4) is 0 Å². The molecule has 2 heterocycles. The highest BCUT2D eigenvalue weighted by atomic mass is 32.2. The van der Waals surface area contributed by atoms with Gasteiger partial charge in [-0.2, -0.15) is 22.3 Å². The van der Waals surface area contributed by atoms with Gasteiger partial charge in [0.15, 0.2) is 0 Å². The van der Waals surface area contributed by atoms with Crippen LogP contribution in [0.4, 0.5) is 0 Å². The summed E-state index contributed by atoms with van der Waals surface area (Å²) in [6.07, 6.45) is 2.87. The molecule has 2 saturated heterocycles. The number of hydrogen-bond acceptors (Lipinski definition) is 5. The van der Waals surface area contributed by atoms with Crippen LogP contribution in [0, 0.1) is 17.2 Å². The van der Waals surface area contributed by atoms with Crippen molar-refractivity contribution in [3.8, 4) is 6.07 Å². The Morgan fingerprint density at radius 3 is 2.65 bits per heavy atom. The van der Waals surface area contributed by atoms with E-state index in [4.69, 9.17) is 10.00 Å². The maximum Gasteiger partial charge on any atom is 0.282 e. The SMILES string of the molecule is C[C@@H](C#N)CN(C)S(=O)(=O)N1CCCC[C@@H]1CN1CCOCC1. The van der Waals surface area contributed by atoms with Crippen molar-refractivity contribution >= 4 is 10.2 Å². The standard InChI is InChI=1S/C15H28N4O3S/c1-14(11-16)12-17(2)23(20,21)19-6-4-3-5-15(19)13-18-7-9-22-10-8-18/h14-15H,3-10,12-13H2,1-2H3/t14-,15+/m0/s1. The fraction of sp³-hybridized carbons (Fsp3) is 0.933. The maximum absolute atomic E-state index is 12.9. The molecule has 0 spiro atoms. The molecule has 23 heavy (non-hydrogen) atoms. The minimum atomic E-state index is -3.51. The highest BCUT2D eigenvalue weighted by molar-refractivity contribution is 7.86. The highest BCUT2D eigenvalue weighted by Gasteiger charge is 2.36. The van der Waals surface area contributed by atoms with E-state index in [1.807, 2.05) is 0 Å². The molecule has 0 radical (unpaired) electrons. The van der Waals surface area contributed by atoms with Crippen LogP contribution < -0.4 is 0 Å². The first kappa shape index (κ1) is 18.6. The van der Waals surface area contributed by atoms with Crippen molar-refractivity contribution in [3.63, 3.8) is 0 Å². The van der Waals surface area contributed by atoms with Gasteiger partial charge in [-0.1, -0.05) is 6.42 Å². The smallest absolute Gasteiger partial charge is 0.282 e. The van der Waals surface area contributed by atoms with Crippen molar-refractivity contribution in [2.75, 3.05) is 53.0 Å². The third kappa shape index (κ3) is 4.88. The van der Waals surface area contributed by atoms with E-state index in [1.165, 1.54) is 4.31 Å². The number of ether oxygens (including phenoxy) is 1. The van der Waals surface area contributed by atoms with Gasteiger partial charge in [0.05, 0.1) is 25.2 Å². The lowest BCUT2D eigenvalue weighted by molar-refractivity contribution is 0.0258. The monoisotopic (exact) mass is 344 g/mol. The van der Waals surface area contributed by atoms with Gasteiger partial charge in [0, 0.05) is 45.8 Å². The Kier molecular flexibility index (Phi) is 6.80. The van der Waals surface area contributed by atoms with Crippen molar-refractivity contribution in [1.82, 2.24) is 13.5 Å². The molecular weight excluding hydrogens is 316 g/mol. The number of nitrogens with zero attached hydrogens (tertiary/aromatic N) is 4. The molecule has 0 aromatic heterocycles. The fourth-order valence-corrected chi connectivity index (χ4v) is 4.92. The summed E-state index contributed by atoms with van der Waals surface area (Å²) in [6, 6.07) is 2.12. The van der Waals surface area contributed by atoms with Gasteiger partial charge in [-0.05, 0) is 19.8 Å². The minimum absolute atomic E-state index is 0.0201. The summed E-state index contributed by atoms with van der Waals surface area (Å²) in [7, 11) is -1.94. The van der Waals surface area contributed by atoms with Crippen molar-refractivity contribution in [2.45, 2.75) is 32.2 Å². The second kappa shape index (κ2) is 8.40. The third-order valence-corrected chi connectivity index (χ3v) is 6.60. The van der Waals surface area contributed by atoms with Crippen LogP contribution in [-0.2, 0) is 14.9 Å². The molecule has 0 amide bonds. The van der Waals surface area contributed by atoms with Gasteiger partial charge in [0.1, 0.15) is 0 Å². The van der Waals surface area contributed by atoms with E-state index in [-0.39, 0.29) is 18.5 Å². The molecule has 132 valence electrons. The minimum Gasteiger partial charge on any atom is -0.379 e. The molecule has 0 N–H and O–H groups in total. The molecule has 2 rings (SSSR count). The second-order valence-electron chi connectivity index (χ2n) is 6.49. The fourth-order valence-electron chi connectivity index (χ4n) is 3.24. The van der Waals surface area contributed by atoms with E-state index in [0.29, 0.717) is 6.54 Å². The molecule has 2 fully saturated rings. The van der Waals surface area contributed by atoms with Crippen molar-refractivity contribution in [3.05, 3.63) is 0 Å². The van der Waals surface area contributed by atoms with E-state index < -0.39 is 10.2 Å². The largest absolute Gasteiger partial charge is 0.379 e. The molecule has 2 aliphatic heterocycles. The van der Waals surface area contributed by atoms with Crippen LogP contribution in [0.2, 0.25) is 0 Å². The number of hydrogen-bond donors (Lipinski definition) is 0. The van der Waals surface area contributed by atoms with Gasteiger partial charge in [0.25, 0.3) is 10.2 Å². The lowest BCUT2D eigenvalue weighted by Gasteiger charge is -2.40. The molecule has 0 aromatic rings. The average molecular weight is 344 g/mol. The van der Waals surface area contributed by atoms with Gasteiger partial charge in [-0.3, -0.25) is 4.90 Å². The number of rotatable bonds is 6. The van der Waals surface area contributed by atoms with Crippen molar-refractivity contribution < 1.29 is 13.2 Å². The Balaban J connectivity index is 2.05.